The van der Waals surface area contributed by atoms with Crippen LogP contribution in [0.4, 0.5) is 8.78 Å². The molecule has 0 aliphatic carbocycles. The average Bonchev–Trinajstić information content (AvgIpc) is 2.16. The monoisotopic (exact) mass is 213 g/mol. The second kappa shape index (κ2) is 5.29. The van der Waals surface area contributed by atoms with E-state index in [1.165, 1.54) is 12.1 Å². The van der Waals surface area contributed by atoms with Crippen molar-refractivity contribution < 1.29 is 8.78 Å². The van der Waals surface area contributed by atoms with Crippen molar-refractivity contribution in [3.63, 3.8) is 0 Å². The molecule has 0 amide bonds. The molecule has 82 valence electrons. The molecule has 0 aliphatic rings. The van der Waals surface area contributed by atoms with Crippen LogP contribution in [0.3, 0.4) is 0 Å². The number of nitrogens with one attached hydrogen (secondary N) is 1. The van der Waals surface area contributed by atoms with Gasteiger partial charge in [-0.15, -0.1) is 0 Å². The van der Waals surface area contributed by atoms with Gasteiger partial charge in [-0.3, -0.25) is 4.99 Å². The largest absolute Gasteiger partial charge is 0.370 e. The Morgan fingerprint density at radius 1 is 1.33 bits per heavy atom. The van der Waals surface area contributed by atoms with Gasteiger partial charge in [0.05, 0.1) is 0 Å². The third kappa shape index (κ3) is 3.93. The lowest BCUT2D eigenvalue weighted by Crippen LogP contribution is -2.32. The highest BCUT2D eigenvalue weighted by Crippen LogP contribution is 2.07. The molecule has 0 unspecified atom stereocenters. The first kappa shape index (κ1) is 11.4. The van der Waals surface area contributed by atoms with Gasteiger partial charge in [0, 0.05) is 19.7 Å². The van der Waals surface area contributed by atoms with E-state index in [-0.39, 0.29) is 0 Å². The van der Waals surface area contributed by atoms with Crippen LogP contribution in [0, 0.1) is 11.6 Å². The molecule has 0 fully saturated rings. The van der Waals surface area contributed by atoms with Crippen molar-refractivity contribution in [1.82, 2.24) is 5.32 Å². The summed E-state index contributed by atoms with van der Waals surface area (Å²) in [6.07, 6.45) is 0.491. The topological polar surface area (TPSA) is 50.4 Å². The molecule has 0 atom stereocenters. The number of nitrogens with two attached hydrogens (primary N) is 1. The fourth-order valence-electron chi connectivity index (χ4n) is 1.17. The quantitative estimate of drug-likeness (QED) is 0.582. The molecule has 0 saturated carbocycles. The molecule has 3 nitrogen and oxygen atoms in total. The van der Waals surface area contributed by atoms with E-state index in [1.54, 1.807) is 7.05 Å². The first-order valence-corrected chi connectivity index (χ1v) is 4.53. The standard InChI is InChI=1S/C10H13F2N3/c1-14-10(13)15-3-2-7-4-8(11)6-9(12)5-7/h4-6H,2-3H2,1H3,(H3,13,14,15). The molecule has 1 aromatic rings. The van der Waals surface area contributed by atoms with Gasteiger partial charge in [-0.25, -0.2) is 8.78 Å². The molecular formula is C10H13F2N3. The lowest BCUT2D eigenvalue weighted by atomic mass is 10.1. The van der Waals surface area contributed by atoms with Crippen LogP contribution < -0.4 is 11.1 Å². The number of hydrogen-bond donors (Lipinski definition) is 2. The normalized spacial score (nSPS) is 11.5. The van der Waals surface area contributed by atoms with Crippen molar-refractivity contribution in [1.29, 1.82) is 0 Å². The van der Waals surface area contributed by atoms with Crippen LogP contribution in [0.25, 0.3) is 0 Å². The van der Waals surface area contributed by atoms with Crippen molar-refractivity contribution in [2.75, 3.05) is 13.6 Å². The van der Waals surface area contributed by atoms with E-state index < -0.39 is 11.6 Å². The predicted molar refractivity (Wildman–Crippen MR) is 55.6 cm³/mol. The fourth-order valence-corrected chi connectivity index (χ4v) is 1.17. The Morgan fingerprint density at radius 3 is 2.47 bits per heavy atom. The zero-order valence-corrected chi connectivity index (χ0v) is 8.43. The minimum Gasteiger partial charge on any atom is -0.370 e. The molecule has 0 bridgehead atoms. The molecule has 15 heavy (non-hydrogen) atoms. The van der Waals surface area contributed by atoms with E-state index in [1.807, 2.05) is 0 Å². The van der Waals surface area contributed by atoms with Gasteiger partial charge in [0.15, 0.2) is 5.96 Å². The first-order valence-electron chi connectivity index (χ1n) is 4.53. The molecule has 1 aromatic carbocycles. The number of guanidine groups is 1. The maximum absolute atomic E-state index is 12.8. The number of nitrogens with zero attached hydrogens (tertiary/aromatic N) is 1. The van der Waals surface area contributed by atoms with Crippen LogP contribution in [0.15, 0.2) is 23.2 Å². The summed E-state index contributed by atoms with van der Waals surface area (Å²) < 4.78 is 25.5. The molecule has 0 heterocycles. The number of benzene rings is 1. The van der Waals surface area contributed by atoms with E-state index >= 15 is 0 Å². The van der Waals surface area contributed by atoms with E-state index in [9.17, 15) is 8.78 Å². The highest BCUT2D eigenvalue weighted by molar-refractivity contribution is 5.77. The molecule has 0 spiro atoms. The molecule has 5 heteroatoms. The van der Waals surface area contributed by atoms with Crippen LogP contribution >= 0.6 is 0 Å². The van der Waals surface area contributed by atoms with Crippen molar-refractivity contribution in [2.24, 2.45) is 10.7 Å². The van der Waals surface area contributed by atoms with Gasteiger partial charge in [0.25, 0.3) is 0 Å². The van der Waals surface area contributed by atoms with Gasteiger partial charge in [0.1, 0.15) is 11.6 Å². The van der Waals surface area contributed by atoms with Crippen LogP contribution in [0.5, 0.6) is 0 Å². The van der Waals surface area contributed by atoms with E-state index in [0.29, 0.717) is 24.5 Å². The Balaban J connectivity index is 2.51. The molecular weight excluding hydrogens is 200 g/mol. The van der Waals surface area contributed by atoms with E-state index in [0.717, 1.165) is 6.07 Å². The zero-order chi connectivity index (χ0) is 11.3. The predicted octanol–water partition coefficient (Wildman–Crippen LogP) is 1.04. The third-order valence-electron chi connectivity index (χ3n) is 1.88. The summed E-state index contributed by atoms with van der Waals surface area (Å²) in [6.45, 7) is 0.492. The van der Waals surface area contributed by atoms with Gasteiger partial charge < -0.3 is 11.1 Å². The summed E-state index contributed by atoms with van der Waals surface area (Å²) in [7, 11) is 1.56. The lowest BCUT2D eigenvalue weighted by molar-refractivity contribution is 0.579. The summed E-state index contributed by atoms with van der Waals surface area (Å²) in [5.41, 5.74) is 5.97. The molecule has 3 N–H and O–H groups in total. The molecule has 0 saturated heterocycles. The Morgan fingerprint density at radius 2 is 1.93 bits per heavy atom. The SMILES string of the molecule is CN=C(N)NCCc1cc(F)cc(F)c1. The average molecular weight is 213 g/mol. The summed E-state index contributed by atoms with van der Waals surface area (Å²) in [5.74, 6) is -0.823. The van der Waals surface area contributed by atoms with Crippen LogP contribution in [-0.2, 0) is 6.42 Å². The van der Waals surface area contributed by atoms with Crippen molar-refractivity contribution in [3.05, 3.63) is 35.4 Å². The van der Waals surface area contributed by atoms with Gasteiger partial charge in [-0.2, -0.15) is 0 Å². The van der Waals surface area contributed by atoms with Crippen LogP contribution in [0.1, 0.15) is 5.56 Å². The second-order valence-electron chi connectivity index (χ2n) is 3.06. The van der Waals surface area contributed by atoms with Gasteiger partial charge in [-0.05, 0) is 24.1 Å². The molecule has 1 rings (SSSR count). The van der Waals surface area contributed by atoms with E-state index in [4.69, 9.17) is 5.73 Å². The summed E-state index contributed by atoms with van der Waals surface area (Å²) in [5, 5.41) is 2.80. The van der Waals surface area contributed by atoms with Crippen molar-refractivity contribution in [2.45, 2.75) is 6.42 Å². The summed E-state index contributed by atoms with van der Waals surface area (Å²) in [4.78, 5) is 3.69. The highest BCUT2D eigenvalue weighted by Gasteiger charge is 2.00. The number of hydrogen-bond acceptors (Lipinski definition) is 1. The van der Waals surface area contributed by atoms with Gasteiger partial charge in [-0.1, -0.05) is 0 Å². The lowest BCUT2D eigenvalue weighted by Gasteiger charge is -2.05. The number of aliphatic imine (C=N–C) groups is 1. The maximum Gasteiger partial charge on any atom is 0.188 e. The summed E-state index contributed by atoms with van der Waals surface area (Å²) in [6, 6.07) is 3.44. The maximum atomic E-state index is 12.8. The van der Waals surface area contributed by atoms with Gasteiger partial charge >= 0.3 is 0 Å². The second-order valence-corrected chi connectivity index (χ2v) is 3.06. The minimum atomic E-state index is -0.567. The van der Waals surface area contributed by atoms with Crippen LogP contribution in [0.2, 0.25) is 0 Å². The smallest absolute Gasteiger partial charge is 0.188 e. The Kier molecular flexibility index (Phi) is 4.03. The highest BCUT2D eigenvalue weighted by atomic mass is 19.1. The molecule has 0 radical (unpaired) electrons. The fraction of sp³-hybridized carbons (Fsp3) is 0.300. The van der Waals surface area contributed by atoms with Gasteiger partial charge in [0.2, 0.25) is 0 Å². The zero-order valence-electron chi connectivity index (χ0n) is 8.43. The number of rotatable bonds is 3. The molecule has 0 aromatic heterocycles. The van der Waals surface area contributed by atoms with E-state index in [2.05, 4.69) is 10.3 Å². The third-order valence-corrected chi connectivity index (χ3v) is 1.88. The van der Waals surface area contributed by atoms with Crippen molar-refractivity contribution in [3.8, 4) is 0 Å². The van der Waals surface area contributed by atoms with Crippen LogP contribution in [-0.4, -0.2) is 19.6 Å². The summed E-state index contributed by atoms with van der Waals surface area (Å²) >= 11 is 0. The van der Waals surface area contributed by atoms with Crippen molar-refractivity contribution >= 4 is 5.96 Å². The molecule has 0 aliphatic heterocycles. The first-order chi connectivity index (χ1) is 7.11. The Hall–Kier alpha value is -1.65. The minimum absolute atomic E-state index is 0.312. The Bertz CT molecular complexity index is 343. The Labute approximate surface area is 87.0 Å². The number of halogens is 2.